The van der Waals surface area contributed by atoms with Crippen molar-refractivity contribution in [3.63, 3.8) is 0 Å². The molecule has 23 heavy (non-hydrogen) atoms. The van der Waals surface area contributed by atoms with E-state index in [-0.39, 0.29) is 0 Å². The van der Waals surface area contributed by atoms with E-state index in [1.807, 2.05) is 18.2 Å². The summed E-state index contributed by atoms with van der Waals surface area (Å²) in [5, 5.41) is 0. The van der Waals surface area contributed by atoms with Crippen molar-refractivity contribution in [2.75, 3.05) is 20.7 Å². The molecule has 0 amide bonds. The predicted molar refractivity (Wildman–Crippen MR) is 93.8 cm³/mol. The van der Waals surface area contributed by atoms with E-state index in [0.717, 1.165) is 35.7 Å². The summed E-state index contributed by atoms with van der Waals surface area (Å²) in [5.41, 5.74) is 3.42. The number of fused-ring (bicyclic) bond motifs is 1. The fourth-order valence-electron chi connectivity index (χ4n) is 2.74. The summed E-state index contributed by atoms with van der Waals surface area (Å²) in [5.74, 6) is 1.99. The molecule has 1 aromatic heterocycles. The van der Waals surface area contributed by atoms with Crippen LogP contribution in [-0.2, 0) is 13.1 Å². The minimum atomic E-state index is 0.629. The Balaban J connectivity index is 1.78. The van der Waals surface area contributed by atoms with Crippen molar-refractivity contribution < 1.29 is 4.74 Å². The maximum absolute atomic E-state index is 5.91. The molecule has 3 aromatic rings. The molecule has 4 heteroatoms. The molecular weight excluding hydrogens is 286 g/mol. The molecule has 0 saturated heterocycles. The zero-order valence-electron chi connectivity index (χ0n) is 14.0. The standard InChI is InChI=1S/C19H23N3O/c1-15-7-6-8-16(13-15)23-12-11-22-18-10-5-4-9-17(18)20-19(22)14-21(2)3/h4-10,13H,11-12,14H2,1-3H3. The van der Waals surface area contributed by atoms with E-state index in [1.54, 1.807) is 0 Å². The summed E-state index contributed by atoms with van der Waals surface area (Å²) in [6.45, 7) is 4.31. The Bertz CT molecular complexity index is 792. The van der Waals surface area contributed by atoms with E-state index in [1.165, 1.54) is 5.56 Å². The second kappa shape index (κ2) is 6.84. The minimum absolute atomic E-state index is 0.629. The lowest BCUT2D eigenvalue weighted by molar-refractivity contribution is 0.293. The lowest BCUT2D eigenvalue weighted by Crippen LogP contribution is -2.17. The summed E-state index contributed by atoms with van der Waals surface area (Å²) in [6.07, 6.45) is 0. The van der Waals surface area contributed by atoms with E-state index < -0.39 is 0 Å². The van der Waals surface area contributed by atoms with Crippen LogP contribution in [0.4, 0.5) is 0 Å². The molecule has 0 aliphatic carbocycles. The lowest BCUT2D eigenvalue weighted by atomic mass is 10.2. The van der Waals surface area contributed by atoms with Crippen molar-refractivity contribution in [1.82, 2.24) is 14.5 Å². The van der Waals surface area contributed by atoms with Crippen molar-refractivity contribution in [3.8, 4) is 5.75 Å². The lowest BCUT2D eigenvalue weighted by Gasteiger charge is -2.13. The second-order valence-corrected chi connectivity index (χ2v) is 6.07. The van der Waals surface area contributed by atoms with E-state index in [2.05, 4.69) is 60.8 Å². The van der Waals surface area contributed by atoms with Crippen LogP contribution >= 0.6 is 0 Å². The SMILES string of the molecule is Cc1cccc(OCCn2c(CN(C)C)nc3ccccc32)c1. The Hall–Kier alpha value is -2.33. The first-order valence-electron chi connectivity index (χ1n) is 7.92. The molecule has 4 nitrogen and oxygen atoms in total. The van der Waals surface area contributed by atoms with E-state index in [0.29, 0.717) is 6.61 Å². The number of aryl methyl sites for hydroxylation is 1. The Morgan fingerprint density at radius 1 is 1.09 bits per heavy atom. The molecule has 0 fully saturated rings. The average Bonchev–Trinajstić information content (AvgIpc) is 2.84. The van der Waals surface area contributed by atoms with Crippen LogP contribution in [0.15, 0.2) is 48.5 Å². The van der Waals surface area contributed by atoms with Gasteiger partial charge in [-0.15, -0.1) is 0 Å². The van der Waals surface area contributed by atoms with Gasteiger partial charge in [-0.1, -0.05) is 24.3 Å². The molecule has 0 atom stereocenters. The number of hydrogen-bond donors (Lipinski definition) is 0. The van der Waals surface area contributed by atoms with Gasteiger partial charge < -0.3 is 14.2 Å². The third-order valence-electron chi connectivity index (χ3n) is 3.76. The Morgan fingerprint density at radius 3 is 2.70 bits per heavy atom. The van der Waals surface area contributed by atoms with Crippen LogP contribution in [0.5, 0.6) is 5.75 Å². The molecule has 0 saturated carbocycles. The number of para-hydroxylation sites is 2. The van der Waals surface area contributed by atoms with Crippen molar-refractivity contribution >= 4 is 11.0 Å². The van der Waals surface area contributed by atoms with Gasteiger partial charge >= 0.3 is 0 Å². The molecule has 120 valence electrons. The van der Waals surface area contributed by atoms with Crippen molar-refractivity contribution in [2.45, 2.75) is 20.0 Å². The van der Waals surface area contributed by atoms with Gasteiger partial charge in [0, 0.05) is 0 Å². The summed E-state index contributed by atoms with van der Waals surface area (Å²) in [4.78, 5) is 6.90. The first kappa shape index (κ1) is 15.6. The number of benzene rings is 2. The van der Waals surface area contributed by atoms with Crippen LogP contribution in [0.2, 0.25) is 0 Å². The molecule has 2 aromatic carbocycles. The molecule has 0 radical (unpaired) electrons. The number of aromatic nitrogens is 2. The van der Waals surface area contributed by atoms with Gasteiger partial charge in [0.1, 0.15) is 18.2 Å². The zero-order valence-corrected chi connectivity index (χ0v) is 14.0. The van der Waals surface area contributed by atoms with Crippen molar-refractivity contribution in [2.24, 2.45) is 0 Å². The van der Waals surface area contributed by atoms with E-state index in [4.69, 9.17) is 9.72 Å². The van der Waals surface area contributed by atoms with Gasteiger partial charge in [0.25, 0.3) is 0 Å². The van der Waals surface area contributed by atoms with Crippen molar-refractivity contribution in [1.29, 1.82) is 0 Å². The Labute approximate surface area is 137 Å². The smallest absolute Gasteiger partial charge is 0.124 e. The van der Waals surface area contributed by atoms with Gasteiger partial charge in [-0.05, 0) is 50.8 Å². The summed E-state index contributed by atoms with van der Waals surface area (Å²) >= 11 is 0. The monoisotopic (exact) mass is 309 g/mol. The van der Waals surface area contributed by atoms with Gasteiger partial charge in [0.2, 0.25) is 0 Å². The fourth-order valence-corrected chi connectivity index (χ4v) is 2.74. The molecule has 3 rings (SSSR count). The van der Waals surface area contributed by atoms with Gasteiger partial charge in [0.15, 0.2) is 0 Å². The van der Waals surface area contributed by atoms with Crippen LogP contribution < -0.4 is 4.74 Å². The second-order valence-electron chi connectivity index (χ2n) is 6.07. The topological polar surface area (TPSA) is 30.3 Å². The third-order valence-corrected chi connectivity index (χ3v) is 3.76. The van der Waals surface area contributed by atoms with Crippen LogP contribution in [0, 0.1) is 6.92 Å². The van der Waals surface area contributed by atoms with Crippen LogP contribution in [0.1, 0.15) is 11.4 Å². The maximum atomic E-state index is 5.91. The van der Waals surface area contributed by atoms with Crippen molar-refractivity contribution in [3.05, 3.63) is 59.9 Å². The highest BCUT2D eigenvalue weighted by Gasteiger charge is 2.11. The first-order valence-corrected chi connectivity index (χ1v) is 7.92. The predicted octanol–water partition coefficient (Wildman–Crippen LogP) is 3.49. The Morgan fingerprint density at radius 2 is 1.91 bits per heavy atom. The van der Waals surface area contributed by atoms with Crippen LogP contribution in [0.3, 0.4) is 0 Å². The molecule has 0 unspecified atom stereocenters. The largest absolute Gasteiger partial charge is 0.492 e. The number of nitrogens with zero attached hydrogens (tertiary/aromatic N) is 3. The molecule has 0 aliphatic heterocycles. The highest BCUT2D eigenvalue weighted by Crippen LogP contribution is 2.18. The normalized spacial score (nSPS) is 11.3. The maximum Gasteiger partial charge on any atom is 0.124 e. The molecule has 1 heterocycles. The number of imidazole rings is 1. The van der Waals surface area contributed by atoms with Gasteiger partial charge in [-0.25, -0.2) is 4.98 Å². The average molecular weight is 309 g/mol. The minimum Gasteiger partial charge on any atom is -0.492 e. The fraction of sp³-hybridized carbons (Fsp3) is 0.316. The summed E-state index contributed by atoms with van der Waals surface area (Å²) in [7, 11) is 4.12. The molecule has 0 aliphatic rings. The summed E-state index contributed by atoms with van der Waals surface area (Å²) in [6, 6.07) is 16.4. The third kappa shape index (κ3) is 3.71. The van der Waals surface area contributed by atoms with Gasteiger partial charge in [-0.2, -0.15) is 0 Å². The van der Waals surface area contributed by atoms with E-state index >= 15 is 0 Å². The molecule has 0 N–H and O–H groups in total. The molecule has 0 bridgehead atoms. The van der Waals surface area contributed by atoms with Gasteiger partial charge in [0.05, 0.1) is 24.1 Å². The van der Waals surface area contributed by atoms with E-state index in [9.17, 15) is 0 Å². The first-order chi connectivity index (χ1) is 11.1. The summed E-state index contributed by atoms with van der Waals surface area (Å²) < 4.78 is 8.16. The quantitative estimate of drug-likeness (QED) is 0.698. The highest BCUT2D eigenvalue weighted by molar-refractivity contribution is 5.75. The van der Waals surface area contributed by atoms with Crippen LogP contribution in [-0.4, -0.2) is 35.2 Å². The number of ether oxygens (including phenoxy) is 1. The number of hydrogen-bond acceptors (Lipinski definition) is 3. The van der Waals surface area contributed by atoms with Crippen LogP contribution in [0.25, 0.3) is 11.0 Å². The molecular formula is C19H23N3O. The van der Waals surface area contributed by atoms with Gasteiger partial charge in [-0.3, -0.25) is 0 Å². The zero-order chi connectivity index (χ0) is 16.2. The highest BCUT2D eigenvalue weighted by atomic mass is 16.5. The number of rotatable bonds is 6. The molecule has 0 spiro atoms. The Kier molecular flexibility index (Phi) is 4.63.